The lowest BCUT2D eigenvalue weighted by atomic mass is 10.0. The molecule has 1 aliphatic heterocycles. The molecule has 0 bridgehead atoms. The highest BCUT2D eigenvalue weighted by Gasteiger charge is 2.31. The number of aryl methyl sites for hydroxylation is 1. The third-order valence-electron chi connectivity index (χ3n) is 4.18. The Morgan fingerprint density at radius 2 is 1.54 bits per heavy atom. The molecule has 3 aromatic rings. The first-order valence-electron chi connectivity index (χ1n) is 8.36. The zero-order chi connectivity index (χ0) is 18.6. The quantitative estimate of drug-likeness (QED) is 0.389. The highest BCUT2D eigenvalue weighted by Crippen LogP contribution is 2.21. The molecule has 2 heterocycles. The molecular formula is C18H18BF4N3. The van der Waals surface area contributed by atoms with Gasteiger partial charge in [0.1, 0.15) is 5.69 Å². The van der Waals surface area contributed by atoms with Crippen molar-refractivity contribution in [2.75, 3.05) is 0 Å². The van der Waals surface area contributed by atoms with Crippen LogP contribution in [0.15, 0.2) is 67.0 Å². The van der Waals surface area contributed by atoms with Gasteiger partial charge in [0, 0.05) is 17.9 Å². The predicted molar refractivity (Wildman–Crippen MR) is 91.4 cm³/mol. The number of para-hydroxylation sites is 1. The van der Waals surface area contributed by atoms with Crippen LogP contribution in [0.4, 0.5) is 17.3 Å². The second kappa shape index (κ2) is 7.72. The van der Waals surface area contributed by atoms with Gasteiger partial charge in [0.2, 0.25) is 6.33 Å². The Morgan fingerprint density at radius 1 is 0.962 bits per heavy atom. The van der Waals surface area contributed by atoms with E-state index >= 15 is 0 Å². The number of benzene rings is 2. The Kier molecular flexibility index (Phi) is 5.39. The van der Waals surface area contributed by atoms with Crippen LogP contribution in [0.3, 0.4) is 0 Å². The van der Waals surface area contributed by atoms with Gasteiger partial charge in [0.25, 0.3) is 5.82 Å². The first-order chi connectivity index (χ1) is 12.4. The third kappa shape index (κ3) is 4.94. The minimum atomic E-state index is -6.00. The molecule has 0 radical (unpaired) electrons. The van der Waals surface area contributed by atoms with E-state index in [1.165, 1.54) is 17.8 Å². The molecule has 0 saturated heterocycles. The van der Waals surface area contributed by atoms with E-state index in [9.17, 15) is 17.3 Å². The summed E-state index contributed by atoms with van der Waals surface area (Å²) in [6.45, 7) is 0. The summed E-state index contributed by atoms with van der Waals surface area (Å²) in [7, 11) is -6.00. The van der Waals surface area contributed by atoms with Gasteiger partial charge in [0.15, 0.2) is 0 Å². The van der Waals surface area contributed by atoms with Crippen molar-refractivity contribution in [1.29, 1.82) is 0 Å². The van der Waals surface area contributed by atoms with Crippen LogP contribution in [-0.4, -0.2) is 17.0 Å². The van der Waals surface area contributed by atoms with Gasteiger partial charge in [0.05, 0.1) is 6.04 Å². The monoisotopic (exact) mass is 363 g/mol. The van der Waals surface area contributed by atoms with Crippen molar-refractivity contribution in [3.63, 3.8) is 0 Å². The molecule has 2 aromatic carbocycles. The van der Waals surface area contributed by atoms with Crippen LogP contribution in [-0.2, 0) is 12.8 Å². The molecule has 8 heteroatoms. The van der Waals surface area contributed by atoms with Crippen LogP contribution in [0, 0.1) is 0 Å². The second-order valence-corrected chi connectivity index (χ2v) is 6.10. The van der Waals surface area contributed by atoms with Gasteiger partial charge in [-0.25, -0.2) is 4.57 Å². The third-order valence-corrected chi connectivity index (χ3v) is 4.18. The summed E-state index contributed by atoms with van der Waals surface area (Å²) < 4.78 is 43.3. The molecule has 26 heavy (non-hydrogen) atoms. The molecule has 136 valence electrons. The van der Waals surface area contributed by atoms with Gasteiger partial charge in [-0.3, -0.25) is 0 Å². The number of hydrogen-bond donors (Lipinski definition) is 0. The average Bonchev–Trinajstić information content (AvgIpc) is 3.17. The fourth-order valence-electron chi connectivity index (χ4n) is 3.10. The lowest BCUT2D eigenvalue weighted by Gasteiger charge is -2.08. The maximum absolute atomic E-state index is 9.75. The number of nitrogens with zero attached hydrogens (tertiary/aromatic N) is 3. The van der Waals surface area contributed by atoms with Crippen molar-refractivity contribution < 1.29 is 21.8 Å². The molecule has 1 unspecified atom stereocenters. The van der Waals surface area contributed by atoms with Crippen LogP contribution < -0.4 is 4.57 Å². The van der Waals surface area contributed by atoms with Gasteiger partial charge in [-0.05, 0) is 24.1 Å². The molecular weight excluding hydrogens is 345 g/mol. The molecule has 4 rings (SSSR count). The van der Waals surface area contributed by atoms with E-state index in [-0.39, 0.29) is 0 Å². The average molecular weight is 363 g/mol. The first kappa shape index (κ1) is 18.2. The van der Waals surface area contributed by atoms with Crippen molar-refractivity contribution in [2.45, 2.75) is 25.3 Å². The Balaban J connectivity index is 0.000000349. The predicted octanol–water partition coefficient (Wildman–Crippen LogP) is 4.19. The molecule has 1 aliphatic rings. The van der Waals surface area contributed by atoms with E-state index in [4.69, 9.17) is 5.10 Å². The molecule has 0 spiro atoms. The number of aromatic nitrogens is 3. The van der Waals surface area contributed by atoms with Crippen LogP contribution in [0.1, 0.15) is 23.9 Å². The first-order valence-corrected chi connectivity index (χ1v) is 8.36. The van der Waals surface area contributed by atoms with Crippen molar-refractivity contribution in [3.8, 4) is 5.69 Å². The SMILES string of the molecule is F[B-](F)(F)F.c1ccc(CC2CCc3nn(-c4ccccc4)c[n+]32)cc1. The molecule has 1 atom stereocenters. The van der Waals surface area contributed by atoms with E-state index in [2.05, 4.69) is 53.4 Å². The highest BCUT2D eigenvalue weighted by atomic mass is 19.5. The summed E-state index contributed by atoms with van der Waals surface area (Å²) in [6, 6.07) is 21.6. The summed E-state index contributed by atoms with van der Waals surface area (Å²) in [5, 5.41) is 4.73. The summed E-state index contributed by atoms with van der Waals surface area (Å²) >= 11 is 0. The maximum atomic E-state index is 9.75. The minimum Gasteiger partial charge on any atom is -0.418 e. The van der Waals surface area contributed by atoms with Crippen molar-refractivity contribution in [1.82, 2.24) is 9.78 Å². The van der Waals surface area contributed by atoms with Crippen LogP contribution in [0.25, 0.3) is 5.69 Å². The number of fused-ring (bicyclic) bond motifs is 1. The molecule has 0 N–H and O–H groups in total. The van der Waals surface area contributed by atoms with Crippen molar-refractivity contribution in [3.05, 3.63) is 78.4 Å². The fraction of sp³-hybridized carbons (Fsp3) is 0.222. The topological polar surface area (TPSA) is 21.7 Å². The van der Waals surface area contributed by atoms with E-state index in [0.717, 1.165) is 18.5 Å². The fourth-order valence-corrected chi connectivity index (χ4v) is 3.10. The van der Waals surface area contributed by atoms with Crippen LogP contribution in [0.5, 0.6) is 0 Å². The maximum Gasteiger partial charge on any atom is 0.673 e. The van der Waals surface area contributed by atoms with Gasteiger partial charge < -0.3 is 17.3 Å². The molecule has 0 amide bonds. The lowest BCUT2D eigenvalue weighted by molar-refractivity contribution is -0.716. The van der Waals surface area contributed by atoms with Gasteiger partial charge in [-0.1, -0.05) is 53.2 Å². The minimum absolute atomic E-state index is 0.528. The van der Waals surface area contributed by atoms with Crippen LogP contribution in [0.2, 0.25) is 0 Å². The second-order valence-electron chi connectivity index (χ2n) is 6.10. The number of hydrogen-bond acceptors (Lipinski definition) is 1. The highest BCUT2D eigenvalue weighted by molar-refractivity contribution is 6.50. The zero-order valence-electron chi connectivity index (χ0n) is 14.0. The Bertz CT molecular complexity index is 829. The van der Waals surface area contributed by atoms with Gasteiger partial charge in [-0.15, -0.1) is 0 Å². The molecule has 0 aliphatic carbocycles. The standard InChI is InChI=1S/C18H18N3.BF4/c1-3-7-15(8-4-1)13-17-11-12-18-19-21(14-20(17)18)16-9-5-2-6-10-16;2-1(3,4)5/h1-10,14,17H,11-13H2;/q+1;-1. The smallest absolute Gasteiger partial charge is 0.418 e. The van der Waals surface area contributed by atoms with E-state index in [0.29, 0.717) is 6.04 Å². The Hall–Kier alpha value is -2.64. The van der Waals surface area contributed by atoms with Crippen LogP contribution >= 0.6 is 0 Å². The molecule has 1 aromatic heterocycles. The summed E-state index contributed by atoms with van der Waals surface area (Å²) in [5.41, 5.74) is 2.52. The van der Waals surface area contributed by atoms with E-state index in [1.807, 2.05) is 22.9 Å². The summed E-state index contributed by atoms with van der Waals surface area (Å²) in [6.07, 6.45) is 5.48. The van der Waals surface area contributed by atoms with E-state index < -0.39 is 7.25 Å². The largest absolute Gasteiger partial charge is 0.673 e. The number of rotatable bonds is 3. The van der Waals surface area contributed by atoms with Crippen molar-refractivity contribution >= 4 is 7.25 Å². The van der Waals surface area contributed by atoms with Gasteiger partial charge >= 0.3 is 7.25 Å². The normalized spacial score (nSPS) is 15.9. The summed E-state index contributed by atoms with van der Waals surface area (Å²) in [5.74, 6) is 1.19. The number of halogens is 4. The molecule has 0 fully saturated rings. The van der Waals surface area contributed by atoms with Crippen molar-refractivity contribution in [2.24, 2.45) is 0 Å². The molecule has 3 nitrogen and oxygen atoms in total. The Labute approximate surface area is 149 Å². The zero-order valence-corrected chi connectivity index (χ0v) is 14.0. The molecule has 0 saturated carbocycles. The van der Waals surface area contributed by atoms with Gasteiger partial charge in [-0.2, -0.15) is 0 Å². The Morgan fingerprint density at radius 3 is 2.15 bits per heavy atom. The summed E-state index contributed by atoms with van der Waals surface area (Å²) in [4.78, 5) is 0. The van der Waals surface area contributed by atoms with E-state index in [1.54, 1.807) is 0 Å². The lowest BCUT2D eigenvalue weighted by Crippen LogP contribution is -2.37.